The van der Waals surface area contributed by atoms with Crippen LogP contribution in [-0.2, 0) is 25.1 Å². The minimum atomic E-state index is -3.56. The number of rotatable bonds is 5. The summed E-state index contributed by atoms with van der Waals surface area (Å²) in [5, 5.41) is 3.28. The van der Waals surface area contributed by atoms with Crippen LogP contribution in [0.1, 0.15) is 18.9 Å². The van der Waals surface area contributed by atoms with Crippen LogP contribution in [0.5, 0.6) is 0 Å². The highest BCUT2D eigenvalue weighted by Crippen LogP contribution is 2.50. The number of benzene rings is 2. The van der Waals surface area contributed by atoms with Gasteiger partial charge in [0.15, 0.2) is 19.7 Å². The molecule has 1 aliphatic rings. The molecule has 2 aromatic rings. The molecule has 0 radical (unpaired) electrons. The fourth-order valence-corrected chi connectivity index (χ4v) is 4.65. The molecule has 1 N–H and O–H groups in total. The number of hydrogen-bond donors (Lipinski definition) is 1. The van der Waals surface area contributed by atoms with Crippen molar-refractivity contribution < 1.29 is 16.8 Å². The Hall–Kier alpha value is -1.86. The van der Waals surface area contributed by atoms with E-state index in [1.807, 2.05) is 18.2 Å². The van der Waals surface area contributed by atoms with Crippen LogP contribution in [0.4, 0.5) is 5.69 Å². The average Bonchev–Trinajstić information content (AvgIpc) is 3.18. The number of sulfone groups is 2. The monoisotopic (exact) mass is 379 g/mol. The van der Waals surface area contributed by atoms with Crippen LogP contribution in [0.2, 0.25) is 0 Å². The van der Waals surface area contributed by atoms with E-state index < -0.39 is 19.7 Å². The first kappa shape index (κ1) is 17.9. The van der Waals surface area contributed by atoms with E-state index in [1.54, 1.807) is 0 Å². The number of hydrogen-bond acceptors (Lipinski definition) is 5. The van der Waals surface area contributed by atoms with Crippen molar-refractivity contribution in [2.45, 2.75) is 34.6 Å². The zero-order chi connectivity index (χ0) is 18.5. The molecule has 3 rings (SSSR count). The van der Waals surface area contributed by atoms with Gasteiger partial charge in [-0.3, -0.25) is 0 Å². The molecule has 1 aliphatic carbocycles. The summed E-state index contributed by atoms with van der Waals surface area (Å²) < 4.78 is 47.7. The van der Waals surface area contributed by atoms with Crippen molar-refractivity contribution in [2.24, 2.45) is 0 Å². The van der Waals surface area contributed by atoms with Crippen LogP contribution in [0, 0.1) is 0 Å². The minimum absolute atomic E-state index is 0.0000862. The first-order valence-electron chi connectivity index (χ1n) is 7.88. The van der Waals surface area contributed by atoms with Crippen LogP contribution in [0.3, 0.4) is 0 Å². The third-order valence-corrected chi connectivity index (χ3v) is 7.03. The van der Waals surface area contributed by atoms with Gasteiger partial charge in [-0.05, 0) is 30.2 Å². The van der Waals surface area contributed by atoms with Crippen molar-refractivity contribution in [1.29, 1.82) is 0 Å². The van der Waals surface area contributed by atoms with Gasteiger partial charge in [-0.25, -0.2) is 16.8 Å². The molecule has 0 aromatic heterocycles. The van der Waals surface area contributed by atoms with Gasteiger partial charge < -0.3 is 5.32 Å². The highest BCUT2D eigenvalue weighted by Gasteiger charge is 2.51. The van der Waals surface area contributed by atoms with Crippen molar-refractivity contribution in [1.82, 2.24) is 0 Å². The topological polar surface area (TPSA) is 80.3 Å². The summed E-state index contributed by atoms with van der Waals surface area (Å²) in [7, 11) is -7.04. The SMILES string of the molecule is C[C@]1(c2ccccc2)C[C@H]1Nc1ccc(S(C)(=O)=O)cc1S(C)(=O)=O. The number of anilines is 1. The lowest BCUT2D eigenvalue weighted by Crippen LogP contribution is -2.16. The Kier molecular flexibility index (Phi) is 4.20. The van der Waals surface area contributed by atoms with Crippen molar-refractivity contribution in [3.8, 4) is 0 Å². The largest absolute Gasteiger partial charge is 0.380 e. The molecular formula is C18H21NO4S2. The van der Waals surface area contributed by atoms with E-state index in [1.165, 1.54) is 23.8 Å². The molecule has 134 valence electrons. The molecule has 1 fully saturated rings. The zero-order valence-electron chi connectivity index (χ0n) is 14.4. The van der Waals surface area contributed by atoms with Gasteiger partial charge in [0.1, 0.15) is 0 Å². The van der Waals surface area contributed by atoms with Crippen molar-refractivity contribution in [2.75, 3.05) is 17.8 Å². The normalized spacial score (nSPS) is 23.2. The maximum atomic E-state index is 12.1. The van der Waals surface area contributed by atoms with Crippen molar-refractivity contribution in [3.05, 3.63) is 54.1 Å². The second-order valence-corrected chi connectivity index (χ2v) is 10.9. The molecule has 0 unspecified atom stereocenters. The number of nitrogens with one attached hydrogen (secondary N) is 1. The van der Waals surface area contributed by atoms with Crippen LogP contribution in [0.15, 0.2) is 58.3 Å². The minimum Gasteiger partial charge on any atom is -0.380 e. The van der Waals surface area contributed by atoms with Crippen LogP contribution in [-0.4, -0.2) is 35.4 Å². The molecule has 0 saturated heterocycles. The molecule has 2 atom stereocenters. The summed E-state index contributed by atoms with van der Waals surface area (Å²) in [6.45, 7) is 2.13. The Morgan fingerprint density at radius 2 is 1.60 bits per heavy atom. The first-order valence-corrected chi connectivity index (χ1v) is 11.7. The van der Waals surface area contributed by atoms with E-state index >= 15 is 0 Å². The van der Waals surface area contributed by atoms with Gasteiger partial charge in [0.25, 0.3) is 0 Å². The molecule has 1 saturated carbocycles. The lowest BCUT2D eigenvalue weighted by molar-refractivity contribution is 0.600. The second-order valence-electron chi connectivity index (χ2n) is 6.89. The summed E-state index contributed by atoms with van der Waals surface area (Å²) in [6.07, 6.45) is 3.03. The Balaban J connectivity index is 1.94. The van der Waals surface area contributed by atoms with Gasteiger partial charge in [0.2, 0.25) is 0 Å². The molecule has 5 nitrogen and oxygen atoms in total. The molecule has 0 bridgehead atoms. The Morgan fingerprint density at radius 3 is 2.16 bits per heavy atom. The Labute approximate surface area is 148 Å². The summed E-state index contributed by atoms with van der Waals surface area (Å²) in [5.74, 6) is 0. The smallest absolute Gasteiger partial charge is 0.177 e. The van der Waals surface area contributed by atoms with E-state index in [0.29, 0.717) is 5.69 Å². The molecule has 7 heteroatoms. The van der Waals surface area contributed by atoms with E-state index in [4.69, 9.17) is 0 Å². The average molecular weight is 380 g/mol. The van der Waals surface area contributed by atoms with Gasteiger partial charge in [-0.15, -0.1) is 0 Å². The first-order chi connectivity index (χ1) is 11.5. The van der Waals surface area contributed by atoms with E-state index in [2.05, 4.69) is 24.4 Å². The lowest BCUT2D eigenvalue weighted by Gasteiger charge is -2.16. The second kappa shape index (κ2) is 5.85. The zero-order valence-corrected chi connectivity index (χ0v) is 16.0. The van der Waals surface area contributed by atoms with E-state index in [-0.39, 0.29) is 21.2 Å². The molecule has 0 heterocycles. The highest BCUT2D eigenvalue weighted by atomic mass is 32.2. The Bertz CT molecular complexity index is 1010. The predicted octanol–water partition coefficient (Wildman–Crippen LogP) is 2.64. The van der Waals surface area contributed by atoms with Crippen LogP contribution < -0.4 is 5.32 Å². The lowest BCUT2D eigenvalue weighted by atomic mass is 9.97. The summed E-state index contributed by atoms with van der Waals surface area (Å²) in [4.78, 5) is 0.0119. The quantitative estimate of drug-likeness (QED) is 0.864. The standard InChI is InChI=1S/C18H21NO4S2/c1-18(13-7-5-4-6-8-13)12-17(18)19-15-10-9-14(24(2,20)21)11-16(15)25(3,22)23/h4-11,17,19H,12H2,1-3H3/t17-,18-/m1/s1. The van der Waals surface area contributed by atoms with Crippen molar-refractivity contribution >= 4 is 25.4 Å². The molecular weight excluding hydrogens is 358 g/mol. The highest BCUT2D eigenvalue weighted by molar-refractivity contribution is 7.91. The predicted molar refractivity (Wildman–Crippen MR) is 98.5 cm³/mol. The van der Waals surface area contributed by atoms with Gasteiger partial charge >= 0.3 is 0 Å². The van der Waals surface area contributed by atoms with Gasteiger partial charge in [-0.2, -0.15) is 0 Å². The van der Waals surface area contributed by atoms with E-state index in [9.17, 15) is 16.8 Å². The molecule has 0 aliphatic heterocycles. The molecule has 25 heavy (non-hydrogen) atoms. The van der Waals surface area contributed by atoms with Gasteiger partial charge in [0, 0.05) is 24.0 Å². The fourth-order valence-electron chi connectivity index (χ4n) is 3.06. The maximum absolute atomic E-state index is 12.1. The summed E-state index contributed by atoms with van der Waals surface area (Å²) in [5.41, 5.74) is 1.58. The third kappa shape index (κ3) is 3.57. The maximum Gasteiger partial charge on any atom is 0.177 e. The van der Waals surface area contributed by atoms with Crippen LogP contribution in [0.25, 0.3) is 0 Å². The summed E-state index contributed by atoms with van der Waals surface area (Å²) >= 11 is 0. The van der Waals surface area contributed by atoms with E-state index in [0.717, 1.165) is 18.9 Å². The van der Waals surface area contributed by atoms with Crippen LogP contribution >= 0.6 is 0 Å². The third-order valence-electron chi connectivity index (χ3n) is 4.78. The Morgan fingerprint density at radius 1 is 0.960 bits per heavy atom. The molecule has 2 aromatic carbocycles. The molecule has 0 spiro atoms. The van der Waals surface area contributed by atoms with Crippen molar-refractivity contribution in [3.63, 3.8) is 0 Å². The summed E-state index contributed by atoms with van der Waals surface area (Å²) in [6, 6.07) is 14.4. The van der Waals surface area contributed by atoms with Gasteiger partial charge in [-0.1, -0.05) is 37.3 Å². The van der Waals surface area contributed by atoms with Gasteiger partial charge in [0.05, 0.1) is 15.5 Å². The fraction of sp³-hybridized carbons (Fsp3) is 0.333. The molecule has 0 amide bonds.